The number of ether oxygens (including phenoxy) is 1. The first-order chi connectivity index (χ1) is 18.6. The predicted molar refractivity (Wildman–Crippen MR) is 154 cm³/mol. The molecule has 0 radical (unpaired) electrons. The van der Waals surface area contributed by atoms with E-state index in [2.05, 4.69) is 39.8 Å². The Hall–Kier alpha value is -1.39. The molecule has 4 nitrogen and oxygen atoms in total. The zero-order valence-electron chi connectivity index (χ0n) is 24.9. The van der Waals surface area contributed by atoms with E-state index in [-0.39, 0.29) is 23.6 Å². The molecule has 0 saturated heterocycles. The second-order valence-electron chi connectivity index (χ2n) is 15.0. The molecule has 0 bridgehead atoms. The largest absolute Gasteiger partial charge is 0.465 e. The second-order valence-corrected chi connectivity index (χ2v) is 15.0. The lowest BCUT2D eigenvalue weighted by Crippen LogP contribution is -2.62. The zero-order valence-corrected chi connectivity index (χ0v) is 24.9. The molecule has 0 amide bonds. The maximum absolute atomic E-state index is 12.4. The monoisotopic (exact) mass is 536 g/mol. The van der Waals surface area contributed by atoms with E-state index in [1.807, 2.05) is 12.1 Å². The summed E-state index contributed by atoms with van der Waals surface area (Å²) >= 11 is 0. The van der Waals surface area contributed by atoms with Gasteiger partial charge < -0.3 is 14.9 Å². The number of esters is 1. The summed E-state index contributed by atoms with van der Waals surface area (Å²) in [4.78, 5) is 12.4. The van der Waals surface area contributed by atoms with E-state index in [0.29, 0.717) is 58.7 Å². The number of benzene rings is 1. The number of fused-ring (bicyclic) bond motifs is 5. The summed E-state index contributed by atoms with van der Waals surface area (Å²) in [5, 5.41) is 22.5. The molecule has 13 atom stereocenters. The number of hydrogen-bond acceptors (Lipinski definition) is 4. The van der Waals surface area contributed by atoms with E-state index in [1.165, 1.54) is 51.2 Å². The van der Waals surface area contributed by atoms with E-state index in [1.54, 1.807) is 0 Å². The minimum absolute atomic E-state index is 0.183. The standard InChI is InChI=1S/C35H52O4/c1-6-23-30-19-22(36)13-15-35(30,4)29-14-16-34(3)27(11-12-28(34)31(29)32(23)37)20(2)17-21-18-26(21)24-9-7-8-10-25(24)33(38)39-5/h7-10,20-23,26-32,36-37H,6,11-19H2,1-5H3/t20-,21?,22-,23-,26?,27-,28?,29?,30?,31?,32-,34-,35?/m1/s1. The van der Waals surface area contributed by atoms with Gasteiger partial charge in [-0.3, -0.25) is 0 Å². The lowest BCUT2D eigenvalue weighted by Gasteiger charge is -2.64. The molecule has 4 heteroatoms. The van der Waals surface area contributed by atoms with Gasteiger partial charge in [-0.25, -0.2) is 4.79 Å². The lowest BCUT2D eigenvalue weighted by atomic mass is 9.41. The third kappa shape index (κ3) is 4.33. The highest BCUT2D eigenvalue weighted by Crippen LogP contribution is 2.70. The molecule has 5 aliphatic carbocycles. The first-order valence-electron chi connectivity index (χ1n) is 16.2. The van der Waals surface area contributed by atoms with Gasteiger partial charge in [0.25, 0.3) is 0 Å². The van der Waals surface area contributed by atoms with Crippen molar-refractivity contribution in [2.75, 3.05) is 7.11 Å². The average Bonchev–Trinajstić information content (AvgIpc) is 3.59. The van der Waals surface area contributed by atoms with Crippen molar-refractivity contribution in [1.82, 2.24) is 0 Å². The highest BCUT2D eigenvalue weighted by molar-refractivity contribution is 5.91. The molecule has 1 aromatic carbocycles. The van der Waals surface area contributed by atoms with Crippen LogP contribution in [0.25, 0.3) is 0 Å². The Morgan fingerprint density at radius 1 is 1.00 bits per heavy atom. The summed E-state index contributed by atoms with van der Waals surface area (Å²) in [6.45, 7) is 9.89. The smallest absolute Gasteiger partial charge is 0.338 e. The van der Waals surface area contributed by atoms with Gasteiger partial charge in [-0.05, 0) is 134 Å². The Bertz CT molecular complexity index is 1070. The number of aliphatic hydroxyl groups excluding tert-OH is 2. The van der Waals surface area contributed by atoms with Crippen molar-refractivity contribution in [3.63, 3.8) is 0 Å². The molecule has 7 unspecified atom stereocenters. The average molecular weight is 537 g/mol. The maximum atomic E-state index is 12.4. The van der Waals surface area contributed by atoms with Crippen molar-refractivity contribution in [1.29, 1.82) is 0 Å². The number of hydrogen-bond donors (Lipinski definition) is 2. The van der Waals surface area contributed by atoms with Gasteiger partial charge in [0.1, 0.15) is 0 Å². The molecule has 1 aromatic rings. The Morgan fingerprint density at radius 2 is 1.72 bits per heavy atom. The molecule has 0 heterocycles. The van der Waals surface area contributed by atoms with Crippen molar-refractivity contribution >= 4 is 5.97 Å². The molecule has 0 spiro atoms. The Labute approximate surface area is 236 Å². The molecule has 2 N–H and O–H groups in total. The van der Waals surface area contributed by atoms with Gasteiger partial charge in [0.05, 0.1) is 24.9 Å². The minimum atomic E-state index is -0.218. The van der Waals surface area contributed by atoms with E-state index in [9.17, 15) is 15.0 Å². The van der Waals surface area contributed by atoms with Crippen LogP contribution in [0.2, 0.25) is 0 Å². The van der Waals surface area contributed by atoms with Crippen molar-refractivity contribution in [2.45, 2.75) is 110 Å². The number of rotatable bonds is 6. The van der Waals surface area contributed by atoms with Gasteiger partial charge in [0, 0.05) is 0 Å². The van der Waals surface area contributed by atoms with Gasteiger partial charge in [-0.1, -0.05) is 52.3 Å². The van der Waals surface area contributed by atoms with Crippen LogP contribution in [0.15, 0.2) is 24.3 Å². The van der Waals surface area contributed by atoms with Crippen LogP contribution in [0.4, 0.5) is 0 Å². The topological polar surface area (TPSA) is 66.8 Å². The fraction of sp³-hybridized carbons (Fsp3) is 0.800. The molecular weight excluding hydrogens is 484 g/mol. The highest BCUT2D eigenvalue weighted by Gasteiger charge is 2.65. The van der Waals surface area contributed by atoms with Crippen LogP contribution in [0.3, 0.4) is 0 Å². The molecule has 0 aliphatic heterocycles. The molecule has 5 aliphatic rings. The summed E-state index contributed by atoms with van der Waals surface area (Å²) in [5.74, 6) is 4.72. The van der Waals surface area contributed by atoms with E-state index in [0.717, 1.165) is 31.2 Å². The molecule has 6 rings (SSSR count). The van der Waals surface area contributed by atoms with Gasteiger partial charge >= 0.3 is 5.97 Å². The predicted octanol–water partition coefficient (Wildman–Crippen LogP) is 7.23. The highest BCUT2D eigenvalue weighted by atomic mass is 16.5. The first-order valence-corrected chi connectivity index (χ1v) is 16.2. The molecule has 5 saturated carbocycles. The number of aliphatic hydroxyl groups is 2. The SMILES string of the molecule is CC[C@@H]1C2C[C@H](O)CCC2(C)C2CC[C@@]3(C)C(CC[C@@H]3[C@H](C)CC3CC3c3ccccc3C(=O)OC)C2[C@@H]1O. The minimum Gasteiger partial charge on any atom is -0.465 e. The summed E-state index contributed by atoms with van der Waals surface area (Å²) < 4.78 is 5.07. The Balaban J connectivity index is 1.18. The maximum Gasteiger partial charge on any atom is 0.338 e. The van der Waals surface area contributed by atoms with Crippen molar-refractivity contribution in [3.05, 3.63) is 35.4 Å². The van der Waals surface area contributed by atoms with E-state index < -0.39 is 0 Å². The number of carbonyl (C=O) groups excluding carboxylic acids is 1. The Kier molecular flexibility index (Phi) is 7.23. The van der Waals surface area contributed by atoms with Crippen molar-refractivity contribution < 1.29 is 19.7 Å². The number of carbonyl (C=O) groups is 1. The van der Waals surface area contributed by atoms with E-state index >= 15 is 0 Å². The van der Waals surface area contributed by atoms with Crippen LogP contribution in [-0.2, 0) is 4.74 Å². The zero-order chi connectivity index (χ0) is 27.7. The van der Waals surface area contributed by atoms with Gasteiger partial charge in [-0.2, -0.15) is 0 Å². The van der Waals surface area contributed by atoms with Gasteiger partial charge in [-0.15, -0.1) is 0 Å². The summed E-state index contributed by atoms with van der Waals surface area (Å²) in [5.41, 5.74) is 2.49. The number of methoxy groups -OCH3 is 1. The molecule has 39 heavy (non-hydrogen) atoms. The van der Waals surface area contributed by atoms with Gasteiger partial charge in [0.15, 0.2) is 0 Å². The Morgan fingerprint density at radius 3 is 2.46 bits per heavy atom. The molecule has 5 fully saturated rings. The third-order valence-electron chi connectivity index (χ3n) is 13.5. The normalized spacial score (nSPS) is 47.5. The van der Waals surface area contributed by atoms with E-state index in [4.69, 9.17) is 4.74 Å². The molecule has 216 valence electrons. The van der Waals surface area contributed by atoms with Crippen LogP contribution < -0.4 is 0 Å². The van der Waals surface area contributed by atoms with Crippen molar-refractivity contribution in [2.24, 2.45) is 58.2 Å². The van der Waals surface area contributed by atoms with Crippen LogP contribution in [0.1, 0.15) is 114 Å². The second kappa shape index (κ2) is 10.2. The van der Waals surface area contributed by atoms with Crippen LogP contribution in [0.5, 0.6) is 0 Å². The van der Waals surface area contributed by atoms with Crippen LogP contribution in [0, 0.1) is 58.2 Å². The van der Waals surface area contributed by atoms with Crippen molar-refractivity contribution in [3.8, 4) is 0 Å². The van der Waals surface area contributed by atoms with Crippen LogP contribution in [-0.4, -0.2) is 35.5 Å². The molecular formula is C35H52O4. The lowest BCUT2D eigenvalue weighted by molar-refractivity contribution is -0.203. The quantitative estimate of drug-likeness (QED) is 0.376. The van der Waals surface area contributed by atoms with Gasteiger partial charge in [0.2, 0.25) is 0 Å². The fourth-order valence-corrected chi connectivity index (χ4v) is 11.6. The third-order valence-corrected chi connectivity index (χ3v) is 13.5. The molecule has 0 aromatic heterocycles. The summed E-state index contributed by atoms with van der Waals surface area (Å²) in [6.07, 6.45) is 11.1. The fourth-order valence-electron chi connectivity index (χ4n) is 11.6. The summed E-state index contributed by atoms with van der Waals surface area (Å²) in [6, 6.07) is 8.03. The summed E-state index contributed by atoms with van der Waals surface area (Å²) in [7, 11) is 1.47. The van der Waals surface area contributed by atoms with Crippen LogP contribution >= 0.6 is 0 Å². The first kappa shape index (κ1) is 27.8.